The summed E-state index contributed by atoms with van der Waals surface area (Å²) >= 11 is 0. The Morgan fingerprint density at radius 2 is 1.93 bits per heavy atom. The second-order valence-corrected chi connectivity index (χ2v) is 8.76. The summed E-state index contributed by atoms with van der Waals surface area (Å²) < 4.78 is 5.16. The molecule has 2 aromatic carbocycles. The third kappa shape index (κ3) is 3.36. The molecule has 2 N–H and O–H groups in total. The number of H-pyrrole nitrogens is 1. The summed E-state index contributed by atoms with van der Waals surface area (Å²) in [6.45, 7) is 6.35. The molecule has 4 rings (SSSR count). The number of rotatable bonds is 5. The van der Waals surface area contributed by atoms with Crippen molar-refractivity contribution in [3.63, 3.8) is 0 Å². The fourth-order valence-corrected chi connectivity index (χ4v) is 4.50. The van der Waals surface area contributed by atoms with Crippen molar-refractivity contribution in [2.45, 2.75) is 39.5 Å². The van der Waals surface area contributed by atoms with E-state index in [2.05, 4.69) is 29.4 Å². The first-order chi connectivity index (χ1) is 14.3. The van der Waals surface area contributed by atoms with Crippen molar-refractivity contribution in [3.8, 4) is 5.75 Å². The summed E-state index contributed by atoms with van der Waals surface area (Å²) in [4.78, 5) is 21.4. The average Bonchev–Trinajstić information content (AvgIpc) is 3.27. The predicted molar refractivity (Wildman–Crippen MR) is 119 cm³/mol. The monoisotopic (exact) mass is 404 g/mol. The van der Waals surface area contributed by atoms with Gasteiger partial charge >= 0.3 is 0 Å². The standard InChI is InChI=1S/C24H28N4O2/c1-23(2)18(21-26-19-7-5-6-8-20(19)27-21)13-14-24(23,3)22(29)28-25-15-16-9-11-17(30-4)12-10-16/h5-12,15,18H,13-14H2,1-4H3,(H,26,27)(H,28,29)/b25-15-/t18-,24-/m0/s1. The number of nitrogens with zero attached hydrogens (tertiary/aromatic N) is 2. The van der Waals surface area contributed by atoms with Gasteiger partial charge in [0.25, 0.3) is 0 Å². The van der Waals surface area contributed by atoms with E-state index in [0.29, 0.717) is 0 Å². The second-order valence-electron chi connectivity index (χ2n) is 8.76. The van der Waals surface area contributed by atoms with Gasteiger partial charge in [-0.3, -0.25) is 4.79 Å². The first kappa shape index (κ1) is 20.1. The Labute approximate surface area is 176 Å². The van der Waals surface area contributed by atoms with Gasteiger partial charge in [0.15, 0.2) is 0 Å². The van der Waals surface area contributed by atoms with Gasteiger partial charge in [-0.25, -0.2) is 10.4 Å². The van der Waals surface area contributed by atoms with E-state index in [-0.39, 0.29) is 17.2 Å². The molecule has 1 aliphatic carbocycles. The number of carbonyl (C=O) groups excluding carboxylic acids is 1. The van der Waals surface area contributed by atoms with Crippen molar-refractivity contribution in [1.82, 2.24) is 15.4 Å². The molecule has 1 saturated carbocycles. The minimum absolute atomic E-state index is 0.0594. The van der Waals surface area contributed by atoms with E-state index in [1.54, 1.807) is 13.3 Å². The van der Waals surface area contributed by atoms with Gasteiger partial charge in [-0.15, -0.1) is 0 Å². The van der Waals surface area contributed by atoms with Gasteiger partial charge in [-0.05, 0) is 60.2 Å². The van der Waals surface area contributed by atoms with Crippen molar-refractivity contribution in [2.75, 3.05) is 7.11 Å². The van der Waals surface area contributed by atoms with Gasteiger partial charge in [-0.2, -0.15) is 5.10 Å². The molecule has 3 aromatic rings. The van der Waals surface area contributed by atoms with Crippen LogP contribution in [0.15, 0.2) is 53.6 Å². The molecule has 0 radical (unpaired) electrons. The maximum Gasteiger partial charge on any atom is 0.246 e. The third-order valence-corrected chi connectivity index (χ3v) is 6.96. The molecule has 0 bridgehead atoms. The van der Waals surface area contributed by atoms with Crippen molar-refractivity contribution < 1.29 is 9.53 Å². The van der Waals surface area contributed by atoms with E-state index in [9.17, 15) is 4.79 Å². The van der Waals surface area contributed by atoms with E-state index < -0.39 is 5.41 Å². The number of imidazole rings is 1. The SMILES string of the molecule is COc1ccc(/C=N\NC(=O)[C@]2(C)CC[C@@H](c3nc4ccccc4[nH]3)C2(C)C)cc1. The Balaban J connectivity index is 1.50. The second kappa shape index (κ2) is 7.59. The highest BCUT2D eigenvalue weighted by atomic mass is 16.5. The fraction of sp³-hybridized carbons (Fsp3) is 0.375. The highest BCUT2D eigenvalue weighted by molar-refractivity contribution is 5.86. The van der Waals surface area contributed by atoms with Crippen LogP contribution in [0.5, 0.6) is 5.75 Å². The zero-order chi connectivity index (χ0) is 21.4. The number of nitrogens with one attached hydrogen (secondary N) is 2. The topological polar surface area (TPSA) is 79.4 Å². The Bertz CT molecular complexity index is 1050. The summed E-state index contributed by atoms with van der Waals surface area (Å²) in [5.74, 6) is 1.86. The third-order valence-electron chi connectivity index (χ3n) is 6.96. The van der Waals surface area contributed by atoms with Crippen LogP contribution < -0.4 is 10.2 Å². The molecule has 156 valence electrons. The largest absolute Gasteiger partial charge is 0.497 e. The van der Waals surface area contributed by atoms with E-state index >= 15 is 0 Å². The normalized spacial score (nSPS) is 23.1. The number of carbonyl (C=O) groups is 1. The number of aromatic nitrogens is 2. The first-order valence-electron chi connectivity index (χ1n) is 10.3. The number of hydrogen-bond acceptors (Lipinski definition) is 4. The van der Waals surface area contributed by atoms with Gasteiger partial charge < -0.3 is 9.72 Å². The maximum absolute atomic E-state index is 13.1. The van der Waals surface area contributed by atoms with Crippen LogP contribution >= 0.6 is 0 Å². The average molecular weight is 405 g/mol. The lowest BCUT2D eigenvalue weighted by Gasteiger charge is -2.39. The summed E-state index contributed by atoms with van der Waals surface area (Å²) in [7, 11) is 1.63. The zero-order valence-electron chi connectivity index (χ0n) is 17.9. The predicted octanol–water partition coefficient (Wildman–Crippen LogP) is 4.63. The summed E-state index contributed by atoms with van der Waals surface area (Å²) in [6, 6.07) is 15.6. The molecular formula is C24H28N4O2. The summed E-state index contributed by atoms with van der Waals surface area (Å²) in [5.41, 5.74) is 4.83. The van der Waals surface area contributed by atoms with E-state index in [0.717, 1.165) is 41.0 Å². The molecule has 6 heteroatoms. The van der Waals surface area contributed by atoms with Gasteiger partial charge in [-0.1, -0.05) is 32.9 Å². The molecule has 6 nitrogen and oxygen atoms in total. The minimum Gasteiger partial charge on any atom is -0.497 e. The number of hydrogen-bond donors (Lipinski definition) is 2. The van der Waals surface area contributed by atoms with Crippen LogP contribution in [0.2, 0.25) is 0 Å². The van der Waals surface area contributed by atoms with Gasteiger partial charge in [0.1, 0.15) is 11.6 Å². The van der Waals surface area contributed by atoms with E-state index in [1.165, 1.54) is 0 Å². The highest BCUT2D eigenvalue weighted by Crippen LogP contribution is 2.59. The van der Waals surface area contributed by atoms with Crippen LogP contribution in [-0.2, 0) is 4.79 Å². The highest BCUT2D eigenvalue weighted by Gasteiger charge is 2.57. The number of amides is 1. The molecule has 0 aliphatic heterocycles. The molecule has 1 aliphatic rings. The van der Waals surface area contributed by atoms with Crippen molar-refractivity contribution in [2.24, 2.45) is 15.9 Å². The summed E-state index contributed by atoms with van der Waals surface area (Å²) in [6.07, 6.45) is 3.34. The molecule has 1 heterocycles. The van der Waals surface area contributed by atoms with Crippen LogP contribution in [0, 0.1) is 10.8 Å². The fourth-order valence-electron chi connectivity index (χ4n) is 4.50. The number of aromatic amines is 1. The molecule has 30 heavy (non-hydrogen) atoms. The number of ether oxygens (including phenoxy) is 1. The quantitative estimate of drug-likeness (QED) is 0.481. The molecule has 0 spiro atoms. The Morgan fingerprint density at radius 1 is 1.20 bits per heavy atom. The molecule has 0 saturated heterocycles. The molecule has 1 aromatic heterocycles. The lowest BCUT2D eigenvalue weighted by Crippen LogP contribution is -2.45. The number of benzene rings is 2. The first-order valence-corrected chi connectivity index (χ1v) is 10.3. The minimum atomic E-state index is -0.548. The lowest BCUT2D eigenvalue weighted by molar-refractivity contribution is -0.135. The Hall–Kier alpha value is -3.15. The van der Waals surface area contributed by atoms with Crippen LogP contribution in [0.25, 0.3) is 11.0 Å². The Kier molecular flexibility index (Phi) is 5.10. The number of fused-ring (bicyclic) bond motifs is 1. The van der Waals surface area contributed by atoms with Crippen molar-refractivity contribution in [1.29, 1.82) is 0 Å². The molecule has 1 amide bonds. The smallest absolute Gasteiger partial charge is 0.246 e. The number of hydrazone groups is 1. The molecule has 1 fully saturated rings. The van der Waals surface area contributed by atoms with E-state index in [4.69, 9.17) is 9.72 Å². The van der Waals surface area contributed by atoms with Gasteiger partial charge in [0.2, 0.25) is 5.91 Å². The lowest BCUT2D eigenvalue weighted by atomic mass is 9.65. The molecule has 2 atom stereocenters. The van der Waals surface area contributed by atoms with E-state index in [1.807, 2.05) is 55.5 Å². The zero-order valence-corrected chi connectivity index (χ0v) is 17.9. The maximum atomic E-state index is 13.1. The van der Waals surface area contributed by atoms with Crippen LogP contribution in [0.4, 0.5) is 0 Å². The number of methoxy groups -OCH3 is 1. The molecular weight excluding hydrogens is 376 g/mol. The van der Waals surface area contributed by atoms with Gasteiger partial charge in [0.05, 0.1) is 29.8 Å². The van der Waals surface area contributed by atoms with Crippen LogP contribution in [0.1, 0.15) is 50.9 Å². The van der Waals surface area contributed by atoms with Crippen LogP contribution in [0.3, 0.4) is 0 Å². The number of para-hydroxylation sites is 2. The Morgan fingerprint density at radius 3 is 2.63 bits per heavy atom. The van der Waals surface area contributed by atoms with Crippen molar-refractivity contribution in [3.05, 3.63) is 59.9 Å². The van der Waals surface area contributed by atoms with Gasteiger partial charge in [0, 0.05) is 5.92 Å². The van der Waals surface area contributed by atoms with Crippen molar-refractivity contribution >= 4 is 23.2 Å². The van der Waals surface area contributed by atoms with Crippen LogP contribution in [-0.4, -0.2) is 29.2 Å². The molecule has 0 unspecified atom stereocenters. The summed E-state index contributed by atoms with van der Waals surface area (Å²) in [5, 5.41) is 4.20.